The Morgan fingerprint density at radius 3 is 2.50 bits per heavy atom. The molecule has 1 aliphatic rings. The minimum Gasteiger partial charge on any atom is -0.361 e. The number of aromatic amines is 1. The highest BCUT2D eigenvalue weighted by Gasteiger charge is 2.20. The van der Waals surface area contributed by atoms with Crippen molar-refractivity contribution in [3.05, 3.63) is 65.4 Å². The number of H-pyrrole nitrogens is 1. The van der Waals surface area contributed by atoms with Gasteiger partial charge in [0.1, 0.15) is 0 Å². The molecule has 156 valence electrons. The highest BCUT2D eigenvalue weighted by Crippen LogP contribution is 2.22. The van der Waals surface area contributed by atoms with Gasteiger partial charge in [-0.3, -0.25) is 9.59 Å². The Kier molecular flexibility index (Phi) is 5.86. The number of nitrogens with one attached hydrogen (secondary N) is 2. The molecule has 1 fully saturated rings. The summed E-state index contributed by atoms with van der Waals surface area (Å²) in [5, 5.41) is 4.11. The van der Waals surface area contributed by atoms with E-state index >= 15 is 0 Å². The van der Waals surface area contributed by atoms with Gasteiger partial charge in [0.2, 0.25) is 5.91 Å². The molecule has 2 aromatic carbocycles. The molecule has 1 saturated heterocycles. The molecule has 0 saturated carbocycles. The Morgan fingerprint density at radius 1 is 1.03 bits per heavy atom. The number of rotatable bonds is 5. The van der Waals surface area contributed by atoms with Gasteiger partial charge in [-0.25, -0.2) is 0 Å². The van der Waals surface area contributed by atoms with E-state index in [0.717, 1.165) is 37.3 Å². The molecular weight excluding hydrogens is 376 g/mol. The Bertz CT molecular complexity index is 1050. The first-order valence-electron chi connectivity index (χ1n) is 10.4. The second-order valence-electron chi connectivity index (χ2n) is 8.03. The summed E-state index contributed by atoms with van der Waals surface area (Å²) in [5.74, 6) is 0.0192. The van der Waals surface area contributed by atoms with Crippen LogP contribution < -0.4 is 5.32 Å². The Labute approximate surface area is 176 Å². The fourth-order valence-corrected chi connectivity index (χ4v) is 3.93. The van der Waals surface area contributed by atoms with E-state index in [1.807, 2.05) is 17.2 Å². The van der Waals surface area contributed by atoms with Crippen LogP contribution in [0.3, 0.4) is 0 Å². The van der Waals surface area contributed by atoms with Crippen LogP contribution in [-0.2, 0) is 11.2 Å². The molecule has 1 aromatic heterocycles. The number of benzene rings is 2. The quantitative estimate of drug-likeness (QED) is 0.685. The Hall–Kier alpha value is -3.12. The van der Waals surface area contributed by atoms with Crippen LogP contribution in [0.25, 0.3) is 10.9 Å². The van der Waals surface area contributed by atoms with Crippen LogP contribution >= 0.6 is 0 Å². The van der Waals surface area contributed by atoms with Crippen LogP contribution in [0.5, 0.6) is 0 Å². The maximum absolute atomic E-state index is 12.6. The molecule has 0 bridgehead atoms. The average Bonchev–Trinajstić information content (AvgIpc) is 3.17. The number of para-hydroxylation sites is 1. The summed E-state index contributed by atoms with van der Waals surface area (Å²) in [6.45, 7) is 5.38. The maximum atomic E-state index is 12.6. The summed E-state index contributed by atoms with van der Waals surface area (Å²) in [5.41, 5.74) is 4.86. The van der Waals surface area contributed by atoms with E-state index in [2.05, 4.69) is 41.3 Å². The largest absolute Gasteiger partial charge is 0.361 e. The van der Waals surface area contributed by atoms with E-state index in [1.165, 1.54) is 10.9 Å². The van der Waals surface area contributed by atoms with Crippen LogP contribution in [0.4, 0.5) is 5.69 Å². The number of anilines is 1. The van der Waals surface area contributed by atoms with E-state index in [4.69, 9.17) is 0 Å². The lowest BCUT2D eigenvalue weighted by molar-refractivity contribution is -0.116. The summed E-state index contributed by atoms with van der Waals surface area (Å²) in [4.78, 5) is 32.4. The first-order chi connectivity index (χ1) is 14.5. The third kappa shape index (κ3) is 4.39. The summed E-state index contributed by atoms with van der Waals surface area (Å²) in [7, 11) is 2.07. The summed E-state index contributed by atoms with van der Waals surface area (Å²) < 4.78 is 0. The van der Waals surface area contributed by atoms with Gasteiger partial charge in [-0.2, -0.15) is 0 Å². The third-order valence-electron chi connectivity index (χ3n) is 5.84. The number of aromatic nitrogens is 1. The number of nitrogens with zero attached hydrogens (tertiary/aromatic N) is 2. The second kappa shape index (κ2) is 8.71. The molecule has 0 aliphatic carbocycles. The van der Waals surface area contributed by atoms with Crippen molar-refractivity contribution in [2.45, 2.75) is 19.8 Å². The molecule has 6 nitrogen and oxygen atoms in total. The predicted octanol–water partition coefficient (Wildman–Crippen LogP) is 3.44. The molecule has 30 heavy (non-hydrogen) atoms. The number of hydrogen-bond donors (Lipinski definition) is 2. The molecule has 0 atom stereocenters. The van der Waals surface area contributed by atoms with Crippen LogP contribution in [0, 0.1) is 6.92 Å². The van der Waals surface area contributed by atoms with Crippen molar-refractivity contribution >= 4 is 28.4 Å². The zero-order valence-electron chi connectivity index (χ0n) is 17.6. The van der Waals surface area contributed by atoms with Crippen molar-refractivity contribution < 1.29 is 9.59 Å². The number of aryl methyl sites for hydroxylation is 2. The van der Waals surface area contributed by atoms with Crippen molar-refractivity contribution in [2.24, 2.45) is 0 Å². The Balaban J connectivity index is 1.32. The molecule has 2 heterocycles. The molecule has 1 aliphatic heterocycles. The topological polar surface area (TPSA) is 68.4 Å². The van der Waals surface area contributed by atoms with E-state index in [-0.39, 0.29) is 11.8 Å². The van der Waals surface area contributed by atoms with Crippen molar-refractivity contribution in [2.75, 3.05) is 38.5 Å². The first-order valence-corrected chi connectivity index (χ1v) is 10.4. The van der Waals surface area contributed by atoms with Crippen LogP contribution in [0.2, 0.25) is 0 Å². The van der Waals surface area contributed by atoms with Crippen molar-refractivity contribution in [1.29, 1.82) is 0 Å². The fourth-order valence-electron chi connectivity index (χ4n) is 3.93. The lowest BCUT2D eigenvalue weighted by Crippen LogP contribution is -2.47. The minimum absolute atomic E-state index is 0.0323. The molecular formula is C24H28N4O2. The van der Waals surface area contributed by atoms with Crippen LogP contribution in [0.1, 0.15) is 27.9 Å². The number of hydrogen-bond acceptors (Lipinski definition) is 3. The highest BCUT2D eigenvalue weighted by molar-refractivity contribution is 5.96. The number of carbonyl (C=O) groups excluding carboxylic acids is 2. The van der Waals surface area contributed by atoms with E-state index in [9.17, 15) is 9.59 Å². The summed E-state index contributed by atoms with van der Waals surface area (Å²) >= 11 is 0. The summed E-state index contributed by atoms with van der Waals surface area (Å²) in [6, 6.07) is 13.4. The minimum atomic E-state index is -0.0323. The molecule has 0 radical (unpaired) electrons. The van der Waals surface area contributed by atoms with Gasteiger partial charge < -0.3 is 20.1 Å². The molecule has 4 rings (SSSR count). The fraction of sp³-hybridized carbons (Fsp3) is 0.333. The third-order valence-corrected chi connectivity index (χ3v) is 5.84. The second-order valence-corrected chi connectivity index (χ2v) is 8.03. The molecule has 6 heteroatoms. The summed E-state index contributed by atoms with van der Waals surface area (Å²) in [6.07, 6.45) is 3.07. The lowest BCUT2D eigenvalue weighted by Gasteiger charge is -2.32. The van der Waals surface area contributed by atoms with E-state index in [0.29, 0.717) is 24.1 Å². The molecule has 2 amide bonds. The van der Waals surface area contributed by atoms with Gasteiger partial charge in [0, 0.05) is 61.0 Å². The SMILES string of the molecule is Cc1cccc2c(CCC(=O)Nc3ccc(C(=O)N4CCN(C)CC4)cc3)c[nH]c12. The average molecular weight is 405 g/mol. The van der Waals surface area contributed by atoms with Gasteiger partial charge in [-0.1, -0.05) is 18.2 Å². The molecule has 3 aromatic rings. The molecule has 0 unspecified atom stereocenters. The molecule has 0 spiro atoms. The normalized spacial score (nSPS) is 14.8. The smallest absolute Gasteiger partial charge is 0.253 e. The highest BCUT2D eigenvalue weighted by atomic mass is 16.2. The standard InChI is InChI=1S/C24H28N4O2/c1-17-4-3-5-21-19(16-25-23(17)21)8-11-22(29)26-20-9-6-18(7-10-20)24(30)28-14-12-27(2)13-15-28/h3-7,9-10,16,25H,8,11-15H2,1-2H3,(H,26,29). The zero-order chi connectivity index (χ0) is 21.1. The van der Waals surface area contributed by atoms with Crippen LogP contribution in [0.15, 0.2) is 48.7 Å². The van der Waals surface area contributed by atoms with Crippen molar-refractivity contribution in [1.82, 2.24) is 14.8 Å². The monoisotopic (exact) mass is 404 g/mol. The van der Waals surface area contributed by atoms with Gasteiger partial charge in [0.25, 0.3) is 5.91 Å². The van der Waals surface area contributed by atoms with Gasteiger partial charge in [-0.05, 0) is 55.8 Å². The number of fused-ring (bicyclic) bond motifs is 1. The van der Waals surface area contributed by atoms with Gasteiger partial charge in [0.15, 0.2) is 0 Å². The number of likely N-dealkylation sites (N-methyl/N-ethyl adjacent to an activating group) is 1. The Morgan fingerprint density at radius 2 is 1.77 bits per heavy atom. The number of amides is 2. The lowest BCUT2D eigenvalue weighted by atomic mass is 10.1. The van der Waals surface area contributed by atoms with Gasteiger partial charge >= 0.3 is 0 Å². The first kappa shape index (κ1) is 20.2. The van der Waals surface area contributed by atoms with Crippen LogP contribution in [-0.4, -0.2) is 59.8 Å². The van der Waals surface area contributed by atoms with E-state index < -0.39 is 0 Å². The maximum Gasteiger partial charge on any atom is 0.253 e. The zero-order valence-corrected chi connectivity index (χ0v) is 17.6. The molecule has 2 N–H and O–H groups in total. The number of carbonyl (C=O) groups is 2. The van der Waals surface area contributed by atoms with Crippen molar-refractivity contribution in [3.63, 3.8) is 0 Å². The predicted molar refractivity (Wildman–Crippen MR) is 120 cm³/mol. The van der Waals surface area contributed by atoms with Crippen molar-refractivity contribution in [3.8, 4) is 0 Å². The number of piperazine rings is 1. The van der Waals surface area contributed by atoms with E-state index in [1.54, 1.807) is 24.3 Å². The van der Waals surface area contributed by atoms with Gasteiger partial charge in [0.05, 0.1) is 0 Å². The van der Waals surface area contributed by atoms with Gasteiger partial charge in [-0.15, -0.1) is 0 Å².